The largest absolute Gasteiger partial charge is 0.416 e. The third kappa shape index (κ3) is 3.31. The first-order valence-corrected chi connectivity index (χ1v) is 9.16. The van der Waals surface area contributed by atoms with Crippen molar-refractivity contribution in [3.63, 3.8) is 0 Å². The molecule has 1 fully saturated rings. The fourth-order valence-electron chi connectivity index (χ4n) is 4.11. The van der Waals surface area contributed by atoms with Gasteiger partial charge >= 0.3 is 6.18 Å². The minimum absolute atomic E-state index is 0.0149. The first kappa shape index (κ1) is 18.3. The molecule has 7 heteroatoms. The van der Waals surface area contributed by atoms with Gasteiger partial charge in [-0.15, -0.1) is 0 Å². The quantitative estimate of drug-likeness (QED) is 0.626. The summed E-state index contributed by atoms with van der Waals surface area (Å²) in [5, 5.41) is 4.84. The molecule has 1 saturated carbocycles. The molecule has 0 spiro atoms. The Morgan fingerprint density at radius 2 is 1.89 bits per heavy atom. The Bertz CT molecular complexity index is 926. The van der Waals surface area contributed by atoms with Crippen molar-refractivity contribution in [3.05, 3.63) is 63.4 Å². The number of fused-ring (bicyclic) bond motifs is 1. The Morgan fingerprint density at radius 3 is 2.63 bits per heavy atom. The molecule has 3 atom stereocenters. The summed E-state index contributed by atoms with van der Waals surface area (Å²) >= 11 is 6.33. The van der Waals surface area contributed by atoms with Gasteiger partial charge in [-0.2, -0.15) is 13.2 Å². The van der Waals surface area contributed by atoms with Gasteiger partial charge in [0.05, 0.1) is 16.3 Å². The minimum atomic E-state index is -4.39. The summed E-state index contributed by atoms with van der Waals surface area (Å²) in [4.78, 5) is 9.80. The van der Waals surface area contributed by atoms with Crippen molar-refractivity contribution in [2.24, 2.45) is 11.1 Å². The summed E-state index contributed by atoms with van der Waals surface area (Å²) in [6, 6.07) is 6.01. The summed E-state index contributed by atoms with van der Waals surface area (Å²) in [6.07, 6.45) is -1.62. The number of hydrogen-bond acceptors (Lipinski definition) is 3. The lowest BCUT2D eigenvalue weighted by Crippen LogP contribution is -2.16. The molecule has 2 aliphatic rings. The van der Waals surface area contributed by atoms with Gasteiger partial charge in [-0.3, -0.25) is 4.98 Å². The maximum Gasteiger partial charge on any atom is 0.416 e. The van der Waals surface area contributed by atoms with E-state index < -0.39 is 17.8 Å². The van der Waals surface area contributed by atoms with Gasteiger partial charge in [0.25, 0.3) is 0 Å². The van der Waals surface area contributed by atoms with E-state index in [-0.39, 0.29) is 11.8 Å². The van der Waals surface area contributed by atoms with E-state index in [1.165, 1.54) is 6.07 Å². The molecule has 2 heterocycles. The number of alkyl halides is 3. The standard InChI is InChI=1S/C20H18ClF3N2O/c1-10-5-12(8-13(6-10)20(22,23)24)19-15-4-3-14(18(15)26-27-19)16-7-11(2)25-9-17(16)21/h5-9,14-15,19H,3-4H2,1-2H3/t14-,15+,19+/m0/s1. The van der Waals surface area contributed by atoms with Crippen molar-refractivity contribution in [3.8, 4) is 0 Å². The van der Waals surface area contributed by atoms with Crippen LogP contribution in [0.3, 0.4) is 0 Å². The number of rotatable bonds is 2. The first-order chi connectivity index (χ1) is 12.7. The SMILES string of the molecule is Cc1cc([C@H]2ON=C3[C@H](c4cc(C)ncc4Cl)CC[C@H]32)cc(C(F)(F)F)c1. The number of pyridine rings is 1. The second-order valence-electron chi connectivity index (χ2n) is 7.26. The predicted octanol–water partition coefficient (Wildman–Crippen LogP) is 5.99. The molecule has 0 bridgehead atoms. The molecule has 0 radical (unpaired) electrons. The zero-order valence-corrected chi connectivity index (χ0v) is 15.6. The Kier molecular flexibility index (Phi) is 4.41. The van der Waals surface area contributed by atoms with Crippen LogP contribution >= 0.6 is 11.6 Å². The summed E-state index contributed by atoms with van der Waals surface area (Å²) in [5.41, 5.74) is 3.10. The summed E-state index contributed by atoms with van der Waals surface area (Å²) in [7, 11) is 0. The summed E-state index contributed by atoms with van der Waals surface area (Å²) in [5.74, 6) is -0.0245. The Labute approximate surface area is 160 Å². The lowest BCUT2D eigenvalue weighted by molar-refractivity contribution is -0.137. The van der Waals surface area contributed by atoms with E-state index in [0.29, 0.717) is 16.1 Å². The number of oxime groups is 1. The molecule has 0 saturated heterocycles. The number of benzene rings is 1. The van der Waals surface area contributed by atoms with Crippen LogP contribution in [0.2, 0.25) is 5.02 Å². The molecule has 2 aromatic rings. The number of nitrogens with zero attached hydrogens (tertiary/aromatic N) is 2. The third-order valence-electron chi connectivity index (χ3n) is 5.29. The number of aryl methyl sites for hydroxylation is 2. The van der Waals surface area contributed by atoms with E-state index >= 15 is 0 Å². The predicted molar refractivity (Wildman–Crippen MR) is 96.9 cm³/mol. The van der Waals surface area contributed by atoms with Crippen LogP contribution in [0, 0.1) is 19.8 Å². The maximum absolute atomic E-state index is 13.2. The van der Waals surface area contributed by atoms with Crippen molar-refractivity contribution in [1.29, 1.82) is 0 Å². The highest BCUT2D eigenvalue weighted by Crippen LogP contribution is 2.49. The molecule has 4 rings (SSSR count). The molecule has 0 amide bonds. The number of aromatic nitrogens is 1. The average molecular weight is 395 g/mol. The van der Waals surface area contributed by atoms with Gasteiger partial charge in [-0.05, 0) is 56.0 Å². The highest BCUT2D eigenvalue weighted by Gasteiger charge is 2.45. The first-order valence-electron chi connectivity index (χ1n) is 8.78. The van der Waals surface area contributed by atoms with Crippen LogP contribution in [0.4, 0.5) is 13.2 Å². The van der Waals surface area contributed by atoms with Crippen LogP contribution in [0.15, 0.2) is 35.6 Å². The van der Waals surface area contributed by atoms with E-state index in [0.717, 1.165) is 35.9 Å². The molecule has 1 aromatic carbocycles. The minimum Gasteiger partial charge on any atom is -0.387 e. The molecule has 0 N–H and O–H groups in total. The molecule has 3 nitrogen and oxygen atoms in total. The van der Waals surface area contributed by atoms with Crippen LogP contribution in [-0.4, -0.2) is 10.7 Å². The van der Waals surface area contributed by atoms with E-state index in [2.05, 4.69) is 10.1 Å². The zero-order chi connectivity index (χ0) is 19.3. The number of hydrogen-bond donors (Lipinski definition) is 0. The van der Waals surface area contributed by atoms with Gasteiger partial charge < -0.3 is 4.84 Å². The Balaban J connectivity index is 1.65. The van der Waals surface area contributed by atoms with Gasteiger partial charge in [0.1, 0.15) is 0 Å². The van der Waals surface area contributed by atoms with E-state index in [1.54, 1.807) is 19.2 Å². The molecule has 142 valence electrons. The molecule has 1 aliphatic carbocycles. The van der Waals surface area contributed by atoms with Gasteiger partial charge in [0.15, 0.2) is 6.10 Å². The highest BCUT2D eigenvalue weighted by atomic mass is 35.5. The molecular formula is C20H18ClF3N2O. The van der Waals surface area contributed by atoms with Crippen LogP contribution in [-0.2, 0) is 11.0 Å². The van der Waals surface area contributed by atoms with Gasteiger partial charge in [0.2, 0.25) is 0 Å². The van der Waals surface area contributed by atoms with Crippen LogP contribution in [0.25, 0.3) is 0 Å². The van der Waals surface area contributed by atoms with Gasteiger partial charge in [0, 0.05) is 23.7 Å². The molecular weight excluding hydrogens is 377 g/mol. The topological polar surface area (TPSA) is 34.5 Å². The summed E-state index contributed by atoms with van der Waals surface area (Å²) < 4.78 is 39.5. The molecule has 0 unspecified atom stereocenters. The van der Waals surface area contributed by atoms with Crippen LogP contribution in [0.5, 0.6) is 0 Å². The second-order valence-corrected chi connectivity index (χ2v) is 7.66. The Morgan fingerprint density at radius 1 is 1.11 bits per heavy atom. The molecule has 27 heavy (non-hydrogen) atoms. The van der Waals surface area contributed by atoms with Crippen molar-refractivity contribution >= 4 is 17.3 Å². The maximum atomic E-state index is 13.2. The smallest absolute Gasteiger partial charge is 0.387 e. The monoisotopic (exact) mass is 394 g/mol. The van der Waals surface area contributed by atoms with Crippen LogP contribution in [0.1, 0.15) is 52.8 Å². The van der Waals surface area contributed by atoms with Crippen molar-refractivity contribution in [2.45, 2.75) is 44.9 Å². The van der Waals surface area contributed by atoms with E-state index in [1.807, 2.05) is 13.0 Å². The van der Waals surface area contributed by atoms with Crippen molar-refractivity contribution in [1.82, 2.24) is 4.98 Å². The third-order valence-corrected chi connectivity index (χ3v) is 5.61. The van der Waals surface area contributed by atoms with E-state index in [4.69, 9.17) is 16.4 Å². The van der Waals surface area contributed by atoms with Crippen molar-refractivity contribution < 1.29 is 18.0 Å². The second kappa shape index (κ2) is 6.51. The number of halogens is 4. The lowest BCUT2D eigenvalue weighted by atomic mass is 9.89. The Hall–Kier alpha value is -2.08. The van der Waals surface area contributed by atoms with Crippen LogP contribution < -0.4 is 0 Å². The summed E-state index contributed by atoms with van der Waals surface area (Å²) in [6.45, 7) is 3.56. The van der Waals surface area contributed by atoms with E-state index in [9.17, 15) is 13.2 Å². The molecule has 1 aromatic heterocycles. The van der Waals surface area contributed by atoms with Gasteiger partial charge in [-0.1, -0.05) is 28.4 Å². The molecule has 1 aliphatic heterocycles. The normalized spacial score (nSPS) is 24.5. The lowest BCUT2D eigenvalue weighted by Gasteiger charge is -2.18. The van der Waals surface area contributed by atoms with Gasteiger partial charge in [-0.25, -0.2) is 0 Å². The average Bonchev–Trinajstić information content (AvgIpc) is 3.17. The fraction of sp³-hybridized carbons (Fsp3) is 0.400. The fourth-order valence-corrected chi connectivity index (χ4v) is 4.34. The van der Waals surface area contributed by atoms with Crippen molar-refractivity contribution in [2.75, 3.05) is 0 Å². The zero-order valence-electron chi connectivity index (χ0n) is 14.8. The highest BCUT2D eigenvalue weighted by molar-refractivity contribution is 6.31.